The van der Waals surface area contributed by atoms with Gasteiger partial charge in [0.05, 0.1) is 11.1 Å². The fraction of sp³-hybridized carbons (Fsp3) is 0.440. The lowest BCUT2D eigenvalue weighted by Gasteiger charge is -2.38. The summed E-state index contributed by atoms with van der Waals surface area (Å²) in [4.78, 5) is 30.1. The third-order valence-electron chi connectivity index (χ3n) is 7.14. The van der Waals surface area contributed by atoms with Gasteiger partial charge in [0.2, 0.25) is 5.91 Å². The molecule has 2 aromatic rings. The first-order chi connectivity index (χ1) is 14.6. The van der Waals surface area contributed by atoms with E-state index >= 15 is 0 Å². The van der Waals surface area contributed by atoms with Crippen LogP contribution < -0.4 is 4.90 Å². The van der Waals surface area contributed by atoms with Crippen LogP contribution in [0.1, 0.15) is 53.6 Å². The molecule has 0 N–H and O–H groups in total. The predicted octanol–water partition coefficient (Wildman–Crippen LogP) is 4.12. The summed E-state index contributed by atoms with van der Waals surface area (Å²) in [5.41, 5.74) is 3.99. The number of Topliss-reactive ketones (excluding diaryl/α,β-unsaturated/α-hetero) is 1. The van der Waals surface area contributed by atoms with Crippen molar-refractivity contribution in [3.8, 4) is 0 Å². The predicted molar refractivity (Wildman–Crippen MR) is 114 cm³/mol. The van der Waals surface area contributed by atoms with Crippen LogP contribution in [-0.4, -0.2) is 42.8 Å². The van der Waals surface area contributed by atoms with Crippen LogP contribution in [0, 0.1) is 5.82 Å². The molecule has 1 amide bonds. The topological polar surface area (TPSA) is 40.6 Å². The quantitative estimate of drug-likeness (QED) is 0.702. The van der Waals surface area contributed by atoms with Gasteiger partial charge in [0, 0.05) is 18.5 Å². The molecular formula is C25H27FN2O2. The van der Waals surface area contributed by atoms with E-state index in [-0.39, 0.29) is 17.0 Å². The van der Waals surface area contributed by atoms with E-state index in [1.54, 1.807) is 12.1 Å². The van der Waals surface area contributed by atoms with Crippen LogP contribution in [0.5, 0.6) is 0 Å². The van der Waals surface area contributed by atoms with Gasteiger partial charge in [-0.15, -0.1) is 0 Å². The molecule has 1 saturated heterocycles. The van der Waals surface area contributed by atoms with Crippen molar-refractivity contribution in [2.45, 2.75) is 43.9 Å². The van der Waals surface area contributed by atoms with Crippen LogP contribution in [0.2, 0.25) is 0 Å². The van der Waals surface area contributed by atoms with Gasteiger partial charge in [-0.1, -0.05) is 18.2 Å². The molecule has 5 rings (SSSR count). The normalized spacial score (nSPS) is 19.9. The Bertz CT molecular complexity index is 977. The number of ketones is 1. The van der Waals surface area contributed by atoms with Crippen molar-refractivity contribution in [3.63, 3.8) is 0 Å². The van der Waals surface area contributed by atoms with E-state index in [2.05, 4.69) is 23.1 Å². The number of benzene rings is 2. The molecule has 2 aromatic carbocycles. The minimum atomic E-state index is -0.351. The van der Waals surface area contributed by atoms with Gasteiger partial charge in [-0.3, -0.25) is 9.59 Å². The number of likely N-dealkylation sites (tertiary alicyclic amines) is 1. The molecule has 0 aliphatic carbocycles. The Labute approximate surface area is 176 Å². The Kier molecular flexibility index (Phi) is 4.94. The number of carbonyl (C=O) groups excluding carboxylic acids is 2. The number of fused-ring (bicyclic) bond motifs is 1. The molecule has 4 nitrogen and oxygen atoms in total. The third-order valence-corrected chi connectivity index (χ3v) is 7.14. The number of carbonyl (C=O) groups is 2. The minimum absolute atomic E-state index is 0.0601. The highest BCUT2D eigenvalue weighted by Gasteiger charge is 2.52. The molecule has 0 unspecified atom stereocenters. The molecule has 3 aliphatic rings. The molecule has 156 valence electrons. The summed E-state index contributed by atoms with van der Waals surface area (Å²) in [7, 11) is 0. The van der Waals surface area contributed by atoms with Crippen LogP contribution in [-0.2, 0) is 16.6 Å². The highest BCUT2D eigenvalue weighted by molar-refractivity contribution is 6.09. The number of nitrogens with zero attached hydrogens (tertiary/aromatic N) is 2. The van der Waals surface area contributed by atoms with Crippen molar-refractivity contribution >= 4 is 17.4 Å². The van der Waals surface area contributed by atoms with Crippen molar-refractivity contribution in [1.82, 2.24) is 4.90 Å². The Hall–Kier alpha value is -2.53. The van der Waals surface area contributed by atoms with E-state index in [0.29, 0.717) is 17.9 Å². The zero-order chi connectivity index (χ0) is 20.7. The van der Waals surface area contributed by atoms with Gasteiger partial charge in [-0.2, -0.15) is 0 Å². The second kappa shape index (κ2) is 7.62. The lowest BCUT2D eigenvalue weighted by molar-refractivity contribution is -0.125. The average molecular weight is 407 g/mol. The first-order valence-electron chi connectivity index (χ1n) is 11.0. The molecule has 3 heterocycles. The van der Waals surface area contributed by atoms with Crippen LogP contribution in [0.3, 0.4) is 0 Å². The molecule has 1 spiro atoms. The summed E-state index contributed by atoms with van der Waals surface area (Å²) in [5, 5.41) is 0. The van der Waals surface area contributed by atoms with E-state index in [1.165, 1.54) is 28.9 Å². The van der Waals surface area contributed by atoms with Gasteiger partial charge in [-0.05, 0) is 87.1 Å². The van der Waals surface area contributed by atoms with E-state index in [4.69, 9.17) is 0 Å². The fourth-order valence-electron chi connectivity index (χ4n) is 5.50. The molecule has 30 heavy (non-hydrogen) atoms. The number of rotatable bonds is 5. The largest absolute Gasteiger partial charge is 0.311 e. The highest BCUT2D eigenvalue weighted by Crippen LogP contribution is 2.50. The molecule has 0 saturated carbocycles. The average Bonchev–Trinajstić information content (AvgIpc) is 3.00. The van der Waals surface area contributed by atoms with Crippen molar-refractivity contribution in [2.24, 2.45) is 0 Å². The van der Waals surface area contributed by atoms with Crippen molar-refractivity contribution in [2.75, 3.05) is 31.1 Å². The van der Waals surface area contributed by atoms with E-state index in [9.17, 15) is 14.0 Å². The second-order valence-corrected chi connectivity index (χ2v) is 8.83. The second-order valence-electron chi connectivity index (χ2n) is 8.83. The monoisotopic (exact) mass is 406 g/mol. The zero-order valence-corrected chi connectivity index (χ0v) is 17.2. The molecule has 1 fully saturated rings. The van der Waals surface area contributed by atoms with Crippen LogP contribution in [0.4, 0.5) is 10.1 Å². The van der Waals surface area contributed by atoms with Crippen molar-refractivity contribution in [1.29, 1.82) is 0 Å². The number of anilines is 1. The maximum atomic E-state index is 13.4. The first kappa shape index (κ1) is 19.4. The SMILES string of the molecule is O=C(CCCN1CCC2(CC1)C(=O)N1CCCc3cccc2c31)c1ccc(F)cc1. The van der Waals surface area contributed by atoms with Gasteiger partial charge in [0.25, 0.3) is 0 Å². The first-order valence-corrected chi connectivity index (χ1v) is 11.0. The number of hydrogen-bond donors (Lipinski definition) is 0. The van der Waals surface area contributed by atoms with Gasteiger partial charge >= 0.3 is 0 Å². The summed E-state index contributed by atoms with van der Waals surface area (Å²) >= 11 is 0. The number of hydrogen-bond acceptors (Lipinski definition) is 3. The summed E-state index contributed by atoms with van der Waals surface area (Å²) in [6.07, 6.45) is 5.06. The number of halogens is 1. The zero-order valence-electron chi connectivity index (χ0n) is 17.2. The Morgan fingerprint density at radius 2 is 1.80 bits per heavy atom. The summed E-state index contributed by atoms with van der Waals surface area (Å²) in [6, 6.07) is 12.2. The summed E-state index contributed by atoms with van der Waals surface area (Å²) in [5.74, 6) is 0.0404. The Balaban J connectivity index is 1.20. The number of para-hydroxylation sites is 1. The molecule has 0 radical (unpaired) electrons. The Morgan fingerprint density at radius 1 is 1.03 bits per heavy atom. The van der Waals surface area contributed by atoms with Crippen LogP contribution in [0.15, 0.2) is 42.5 Å². The molecule has 5 heteroatoms. The highest BCUT2D eigenvalue weighted by atomic mass is 19.1. The molecule has 0 bridgehead atoms. The maximum Gasteiger partial charge on any atom is 0.237 e. The van der Waals surface area contributed by atoms with Crippen molar-refractivity contribution < 1.29 is 14.0 Å². The van der Waals surface area contributed by atoms with Gasteiger partial charge in [-0.25, -0.2) is 4.39 Å². The Morgan fingerprint density at radius 3 is 2.57 bits per heavy atom. The van der Waals surface area contributed by atoms with E-state index < -0.39 is 0 Å². The minimum Gasteiger partial charge on any atom is -0.311 e. The lowest BCUT2D eigenvalue weighted by atomic mass is 9.73. The van der Waals surface area contributed by atoms with Crippen molar-refractivity contribution in [3.05, 3.63) is 65.0 Å². The molecule has 0 atom stereocenters. The van der Waals surface area contributed by atoms with Crippen LogP contribution in [0.25, 0.3) is 0 Å². The number of piperidine rings is 1. The molecule has 0 aromatic heterocycles. The third kappa shape index (κ3) is 3.16. The smallest absolute Gasteiger partial charge is 0.237 e. The van der Waals surface area contributed by atoms with Gasteiger partial charge in [0.15, 0.2) is 5.78 Å². The molecular weight excluding hydrogens is 379 g/mol. The summed E-state index contributed by atoms with van der Waals surface area (Å²) < 4.78 is 13.0. The standard InChI is InChI=1S/C25H27FN2O2/c26-20-10-8-18(9-11-20)22(29)7-3-14-27-16-12-25(13-17-27)21-6-1-4-19-5-2-15-28(23(19)21)24(25)30/h1,4,6,8-11H,2-3,5,7,12-17H2. The number of amides is 1. The molecule has 3 aliphatic heterocycles. The fourth-order valence-corrected chi connectivity index (χ4v) is 5.50. The maximum absolute atomic E-state index is 13.4. The van der Waals surface area contributed by atoms with Gasteiger partial charge < -0.3 is 9.80 Å². The van der Waals surface area contributed by atoms with E-state index in [0.717, 1.165) is 58.3 Å². The number of aryl methyl sites for hydroxylation is 1. The lowest BCUT2D eigenvalue weighted by Crippen LogP contribution is -2.49. The van der Waals surface area contributed by atoms with Crippen LogP contribution >= 0.6 is 0 Å². The summed E-state index contributed by atoms with van der Waals surface area (Å²) in [6.45, 7) is 3.47. The van der Waals surface area contributed by atoms with E-state index in [1.807, 2.05) is 4.90 Å². The van der Waals surface area contributed by atoms with Gasteiger partial charge in [0.1, 0.15) is 5.82 Å².